The smallest absolute Gasteiger partial charge is 0.224 e. The van der Waals surface area contributed by atoms with Gasteiger partial charge >= 0.3 is 0 Å². The van der Waals surface area contributed by atoms with Gasteiger partial charge in [0, 0.05) is 5.69 Å². The lowest BCUT2D eigenvalue weighted by Crippen LogP contribution is -2.28. The zero-order valence-corrected chi connectivity index (χ0v) is 13.9. The molecule has 0 saturated heterocycles. The number of amides is 1. The number of nitrogen functional groups attached to an aromatic ring is 1. The highest BCUT2D eigenvalue weighted by Gasteiger charge is 2.11. The average Bonchev–Trinajstić information content (AvgIpc) is 2.49. The van der Waals surface area contributed by atoms with E-state index in [9.17, 15) is 4.79 Å². The third kappa shape index (κ3) is 5.33. The van der Waals surface area contributed by atoms with E-state index >= 15 is 0 Å². The third-order valence-corrected chi connectivity index (χ3v) is 3.45. The van der Waals surface area contributed by atoms with Crippen LogP contribution in [0.4, 0.5) is 5.69 Å². The number of anilines is 1. The summed E-state index contributed by atoms with van der Waals surface area (Å²) in [6.45, 7) is 5.95. The number of carbonyl (C=O) groups excluding carboxylic acids is 1. The maximum absolute atomic E-state index is 12.2. The summed E-state index contributed by atoms with van der Waals surface area (Å²) in [6.07, 6.45) is 0.466. The van der Waals surface area contributed by atoms with Crippen molar-refractivity contribution < 1.29 is 9.53 Å². The van der Waals surface area contributed by atoms with E-state index in [-0.39, 0.29) is 18.1 Å². The van der Waals surface area contributed by atoms with Crippen molar-refractivity contribution in [2.75, 3.05) is 5.73 Å². The van der Waals surface area contributed by atoms with Crippen molar-refractivity contribution in [1.82, 2.24) is 5.32 Å². The van der Waals surface area contributed by atoms with Crippen molar-refractivity contribution in [2.45, 2.75) is 39.3 Å². The zero-order valence-electron chi connectivity index (χ0n) is 13.9. The molecule has 0 radical (unpaired) electrons. The monoisotopic (exact) mass is 312 g/mol. The van der Waals surface area contributed by atoms with E-state index in [0.29, 0.717) is 12.1 Å². The Labute approximate surface area is 137 Å². The molecule has 0 heterocycles. The van der Waals surface area contributed by atoms with Crippen LogP contribution in [0.2, 0.25) is 0 Å². The number of hydrogen-bond acceptors (Lipinski definition) is 3. The van der Waals surface area contributed by atoms with Gasteiger partial charge in [0.1, 0.15) is 5.75 Å². The zero-order chi connectivity index (χ0) is 16.8. The van der Waals surface area contributed by atoms with Crippen molar-refractivity contribution in [2.24, 2.45) is 0 Å². The number of nitrogens with two attached hydrogens (primary N) is 1. The first kappa shape index (κ1) is 16.9. The Morgan fingerprint density at radius 2 is 1.83 bits per heavy atom. The lowest BCUT2D eigenvalue weighted by molar-refractivity contribution is -0.121. The Hall–Kier alpha value is -2.49. The molecule has 2 rings (SSSR count). The van der Waals surface area contributed by atoms with Crippen LogP contribution >= 0.6 is 0 Å². The number of hydrogen-bond donors (Lipinski definition) is 2. The highest BCUT2D eigenvalue weighted by atomic mass is 16.5. The molecule has 4 heteroatoms. The maximum atomic E-state index is 12.2. The lowest BCUT2D eigenvalue weighted by Gasteiger charge is -2.16. The molecule has 2 aromatic carbocycles. The molecule has 2 aromatic rings. The summed E-state index contributed by atoms with van der Waals surface area (Å²) in [5.74, 6) is 0.801. The van der Waals surface area contributed by atoms with Crippen LogP contribution in [-0.4, -0.2) is 12.0 Å². The summed E-state index contributed by atoms with van der Waals surface area (Å²) in [6, 6.07) is 15.1. The van der Waals surface area contributed by atoms with Crippen LogP contribution in [0.25, 0.3) is 0 Å². The molecule has 0 aliphatic heterocycles. The van der Waals surface area contributed by atoms with E-state index in [2.05, 4.69) is 5.32 Å². The molecule has 23 heavy (non-hydrogen) atoms. The molecular formula is C19H24N2O2. The fourth-order valence-corrected chi connectivity index (χ4v) is 2.33. The summed E-state index contributed by atoms with van der Waals surface area (Å²) >= 11 is 0. The van der Waals surface area contributed by atoms with E-state index in [4.69, 9.17) is 10.5 Å². The molecule has 0 spiro atoms. The van der Waals surface area contributed by atoms with Gasteiger partial charge in [0.15, 0.2) is 0 Å². The van der Waals surface area contributed by atoms with Gasteiger partial charge in [0.2, 0.25) is 5.91 Å². The summed E-state index contributed by atoms with van der Waals surface area (Å²) in [5.41, 5.74) is 8.32. The number of nitrogens with one attached hydrogen (secondary N) is 1. The Morgan fingerprint density at radius 1 is 1.13 bits per heavy atom. The van der Waals surface area contributed by atoms with Crippen molar-refractivity contribution in [1.29, 1.82) is 0 Å². The van der Waals surface area contributed by atoms with Crippen molar-refractivity contribution >= 4 is 11.6 Å². The lowest BCUT2D eigenvalue weighted by atomic mass is 10.1. The fourth-order valence-electron chi connectivity index (χ4n) is 2.33. The van der Waals surface area contributed by atoms with Crippen molar-refractivity contribution in [3.63, 3.8) is 0 Å². The van der Waals surface area contributed by atoms with Gasteiger partial charge in [0.05, 0.1) is 18.6 Å². The number of ether oxygens (including phenoxy) is 1. The molecule has 0 bridgehead atoms. The van der Waals surface area contributed by atoms with Crippen LogP contribution in [-0.2, 0) is 11.2 Å². The van der Waals surface area contributed by atoms with E-state index in [1.807, 2.05) is 57.2 Å². The summed E-state index contributed by atoms with van der Waals surface area (Å²) in [5, 5.41) is 3.01. The number of carbonyl (C=O) groups is 1. The minimum absolute atomic E-state index is 0.0162. The van der Waals surface area contributed by atoms with Crippen LogP contribution in [0.5, 0.6) is 5.75 Å². The predicted molar refractivity (Wildman–Crippen MR) is 93.3 cm³/mol. The van der Waals surface area contributed by atoms with Crippen LogP contribution in [0.3, 0.4) is 0 Å². The first-order chi connectivity index (χ1) is 10.9. The Morgan fingerprint density at radius 3 is 2.48 bits per heavy atom. The number of benzene rings is 2. The fraction of sp³-hybridized carbons (Fsp3) is 0.316. The van der Waals surface area contributed by atoms with Gasteiger partial charge in [-0.05, 0) is 56.2 Å². The van der Waals surface area contributed by atoms with Gasteiger partial charge < -0.3 is 15.8 Å². The molecule has 1 atom stereocenters. The molecule has 4 nitrogen and oxygen atoms in total. The maximum Gasteiger partial charge on any atom is 0.224 e. The van der Waals surface area contributed by atoms with E-state index in [1.165, 1.54) is 0 Å². The quantitative estimate of drug-likeness (QED) is 0.803. The van der Waals surface area contributed by atoms with E-state index in [1.54, 1.807) is 12.1 Å². The molecule has 0 aliphatic rings. The highest BCUT2D eigenvalue weighted by Crippen LogP contribution is 2.20. The summed E-state index contributed by atoms with van der Waals surface area (Å²) < 4.78 is 5.69. The Kier molecular flexibility index (Phi) is 5.63. The third-order valence-electron chi connectivity index (χ3n) is 3.45. The molecular weight excluding hydrogens is 288 g/mol. The van der Waals surface area contributed by atoms with Crippen LogP contribution in [0, 0.1) is 0 Å². The molecule has 0 saturated carbocycles. The Bertz CT molecular complexity index is 651. The minimum atomic E-state index is -0.0769. The second-order valence-corrected chi connectivity index (χ2v) is 5.95. The van der Waals surface area contributed by atoms with Crippen LogP contribution in [0.1, 0.15) is 37.9 Å². The van der Waals surface area contributed by atoms with Crippen molar-refractivity contribution in [3.8, 4) is 5.75 Å². The van der Waals surface area contributed by atoms with Gasteiger partial charge in [-0.1, -0.05) is 24.3 Å². The molecule has 0 aromatic heterocycles. The van der Waals surface area contributed by atoms with E-state index < -0.39 is 0 Å². The topological polar surface area (TPSA) is 64.3 Å². The van der Waals surface area contributed by atoms with Gasteiger partial charge in [-0.3, -0.25) is 4.79 Å². The van der Waals surface area contributed by atoms with Gasteiger partial charge in [-0.15, -0.1) is 0 Å². The van der Waals surface area contributed by atoms with Gasteiger partial charge in [-0.25, -0.2) is 0 Å². The standard InChI is InChI=1S/C19H24N2O2/c1-13(2)23-18-6-4-5-16(12-18)14(3)21-19(22)11-15-7-9-17(20)10-8-15/h4-10,12-14H,11,20H2,1-3H3,(H,21,22). The summed E-state index contributed by atoms with van der Waals surface area (Å²) in [4.78, 5) is 12.2. The van der Waals surface area contributed by atoms with E-state index in [0.717, 1.165) is 16.9 Å². The molecule has 0 fully saturated rings. The predicted octanol–water partition coefficient (Wildman–Crippen LogP) is 3.48. The highest BCUT2D eigenvalue weighted by molar-refractivity contribution is 5.79. The SMILES string of the molecule is CC(C)Oc1cccc(C(C)NC(=O)Cc2ccc(N)cc2)c1. The Balaban J connectivity index is 1.96. The molecule has 1 amide bonds. The first-order valence-corrected chi connectivity index (χ1v) is 7.84. The molecule has 3 N–H and O–H groups in total. The minimum Gasteiger partial charge on any atom is -0.491 e. The second-order valence-electron chi connectivity index (χ2n) is 5.95. The van der Waals surface area contributed by atoms with Gasteiger partial charge in [-0.2, -0.15) is 0 Å². The summed E-state index contributed by atoms with van der Waals surface area (Å²) in [7, 11) is 0. The normalized spacial score (nSPS) is 12.0. The van der Waals surface area contributed by atoms with Crippen molar-refractivity contribution in [3.05, 3.63) is 59.7 Å². The second kappa shape index (κ2) is 7.68. The molecule has 122 valence electrons. The molecule has 0 aliphatic carbocycles. The first-order valence-electron chi connectivity index (χ1n) is 7.84. The largest absolute Gasteiger partial charge is 0.491 e. The van der Waals surface area contributed by atoms with Gasteiger partial charge in [0.25, 0.3) is 0 Å². The average molecular weight is 312 g/mol. The van der Waals surface area contributed by atoms with Crippen LogP contribution < -0.4 is 15.8 Å². The molecule has 1 unspecified atom stereocenters. The van der Waals surface area contributed by atoms with Crippen LogP contribution in [0.15, 0.2) is 48.5 Å². The number of rotatable bonds is 6.